The Kier molecular flexibility index (Phi) is 38.8. The van der Waals surface area contributed by atoms with E-state index in [0.29, 0.717) is 124 Å². The Labute approximate surface area is 414 Å². The summed E-state index contributed by atoms with van der Waals surface area (Å²) in [4.78, 5) is 70.7. The lowest BCUT2D eigenvalue weighted by Gasteiger charge is -2.26. The molecule has 2 heterocycles. The number of unbranched alkanes of at least 4 members (excludes halogenated alkanes) is 21. The van der Waals surface area contributed by atoms with Crippen molar-refractivity contribution < 1.29 is 38.2 Å². The average molecular weight is 963 g/mol. The first kappa shape index (κ1) is 61.3. The lowest BCUT2D eigenvalue weighted by Crippen LogP contribution is -2.53. The Hall–Kier alpha value is -2.81. The smallest absolute Gasteiger partial charge is 0.243 e. The summed E-state index contributed by atoms with van der Waals surface area (Å²) in [5.74, 6) is -0.562. The van der Waals surface area contributed by atoms with Gasteiger partial charge in [-0.1, -0.05) is 142 Å². The fourth-order valence-corrected chi connectivity index (χ4v) is 9.42. The fourth-order valence-electron chi connectivity index (χ4n) is 9.42. The quantitative estimate of drug-likeness (QED) is 0.0433. The lowest BCUT2D eigenvalue weighted by atomic mass is 10.0. The molecule has 5 N–H and O–H groups in total. The molecule has 0 saturated carbocycles. The molecule has 3 unspecified atom stereocenters. The minimum atomic E-state index is -0.776. The third kappa shape index (κ3) is 30.0. The first-order chi connectivity index (χ1) is 33.3. The van der Waals surface area contributed by atoms with E-state index in [2.05, 4.69) is 29.8 Å². The van der Waals surface area contributed by atoms with Crippen molar-refractivity contribution in [2.45, 2.75) is 244 Å². The molecule has 14 heteroatoms. The maximum atomic E-state index is 13.8. The highest BCUT2D eigenvalue weighted by atomic mass is 16.5. The van der Waals surface area contributed by atoms with Gasteiger partial charge in [0.15, 0.2) is 0 Å². The Bertz CT molecular complexity index is 1290. The topological polar surface area (TPSA) is 182 Å². The number of hydrogen-bond donors (Lipinski definition) is 4. The molecule has 2 aliphatic rings. The van der Waals surface area contributed by atoms with Gasteiger partial charge in [-0.05, 0) is 77.2 Å². The molecule has 2 saturated heterocycles. The summed E-state index contributed by atoms with van der Waals surface area (Å²) in [7, 11) is 0. The van der Waals surface area contributed by atoms with Gasteiger partial charge < -0.3 is 45.7 Å². The average Bonchev–Trinajstić information content (AvgIpc) is 4.05. The van der Waals surface area contributed by atoms with Gasteiger partial charge in [-0.15, -0.1) is 0 Å². The van der Waals surface area contributed by atoms with Crippen molar-refractivity contribution in [3.05, 3.63) is 0 Å². The second kappa shape index (κ2) is 43.0. The number of likely N-dealkylation sites (tertiary alicyclic amines) is 2. The molecule has 68 heavy (non-hydrogen) atoms. The van der Waals surface area contributed by atoms with E-state index in [1.165, 1.54) is 103 Å². The highest BCUT2D eigenvalue weighted by Crippen LogP contribution is 2.22. The molecule has 2 fully saturated rings. The Morgan fingerprint density at radius 3 is 1.37 bits per heavy atom. The number of carbonyl (C=O) groups excluding carboxylic acids is 5. The summed E-state index contributed by atoms with van der Waals surface area (Å²) in [5, 5.41) is 9.05. The summed E-state index contributed by atoms with van der Waals surface area (Å²) < 4.78 is 16.6. The monoisotopic (exact) mass is 963 g/mol. The van der Waals surface area contributed by atoms with Crippen LogP contribution in [0.2, 0.25) is 0 Å². The molecule has 14 nitrogen and oxygen atoms in total. The largest absolute Gasteiger partial charge is 0.379 e. The molecule has 2 rings (SSSR count). The summed E-state index contributed by atoms with van der Waals surface area (Å²) >= 11 is 0. The van der Waals surface area contributed by atoms with Crippen LogP contribution in [0.4, 0.5) is 0 Å². The number of ether oxygens (including phenoxy) is 3. The highest BCUT2D eigenvalue weighted by Gasteiger charge is 2.36. The van der Waals surface area contributed by atoms with Gasteiger partial charge in [-0.25, -0.2) is 0 Å². The first-order valence-corrected chi connectivity index (χ1v) is 28.2. The Morgan fingerprint density at radius 2 is 0.897 bits per heavy atom. The number of nitrogens with one attached hydrogen (secondary N) is 3. The standard InChI is InChI=1S/C54H102N6O8/c1-3-5-7-9-11-13-15-17-19-21-23-34-50(61)59-39-27-32-48(59)53(64)57-37-26-25-31-47(52(63)56-38-30-42-67-44-46-68-45-43-66-41-29-36-55)58-54(65)49-33-28-40-60(49)51(62)35-24-22-20-18-16-14-12-10-8-6-4-2/h47-49H,3-46,55H2,1-2H3,(H,56,63)(H,57,64)(H,58,65). The van der Waals surface area contributed by atoms with Gasteiger partial charge in [-0.3, -0.25) is 24.0 Å². The Morgan fingerprint density at radius 1 is 0.485 bits per heavy atom. The number of rotatable bonds is 46. The third-order valence-electron chi connectivity index (χ3n) is 13.6. The van der Waals surface area contributed by atoms with Crippen molar-refractivity contribution in [2.75, 3.05) is 72.4 Å². The minimum absolute atomic E-state index is 0.0215. The molecule has 0 bridgehead atoms. The van der Waals surface area contributed by atoms with Crippen LogP contribution in [0.25, 0.3) is 0 Å². The second-order valence-corrected chi connectivity index (χ2v) is 19.5. The van der Waals surface area contributed by atoms with E-state index in [4.69, 9.17) is 19.9 Å². The fraction of sp³-hybridized carbons (Fsp3) is 0.907. The minimum Gasteiger partial charge on any atom is -0.379 e. The van der Waals surface area contributed by atoms with E-state index in [-0.39, 0.29) is 29.5 Å². The lowest BCUT2D eigenvalue weighted by molar-refractivity contribution is -0.139. The van der Waals surface area contributed by atoms with E-state index in [9.17, 15) is 24.0 Å². The van der Waals surface area contributed by atoms with Crippen LogP contribution in [0.1, 0.15) is 226 Å². The molecule has 0 spiro atoms. The van der Waals surface area contributed by atoms with Crippen LogP contribution in [0, 0.1) is 0 Å². The molecule has 396 valence electrons. The molecule has 2 aliphatic heterocycles. The van der Waals surface area contributed by atoms with E-state index in [1.807, 2.05) is 0 Å². The zero-order valence-electron chi connectivity index (χ0n) is 43.6. The normalized spacial score (nSPS) is 16.3. The second-order valence-electron chi connectivity index (χ2n) is 19.5. The van der Waals surface area contributed by atoms with Gasteiger partial charge in [0.25, 0.3) is 0 Å². The predicted octanol–water partition coefficient (Wildman–Crippen LogP) is 9.05. The van der Waals surface area contributed by atoms with Crippen molar-refractivity contribution >= 4 is 29.5 Å². The zero-order valence-corrected chi connectivity index (χ0v) is 43.6. The number of hydrogen-bond acceptors (Lipinski definition) is 9. The molecule has 0 radical (unpaired) electrons. The highest BCUT2D eigenvalue weighted by molar-refractivity contribution is 5.92. The SMILES string of the molecule is CCCCCCCCCCCCCC(=O)N1CCCC1C(=O)NCCCCC(NC(=O)C1CCCN1C(=O)CCCCCCCCCCCCC)C(=O)NCCCOCCOCCOCCCN. The van der Waals surface area contributed by atoms with Crippen molar-refractivity contribution in [2.24, 2.45) is 5.73 Å². The van der Waals surface area contributed by atoms with Crippen LogP contribution >= 0.6 is 0 Å². The molecular formula is C54H102N6O8. The molecule has 5 amide bonds. The number of nitrogens with zero attached hydrogens (tertiary/aromatic N) is 2. The molecule has 0 aromatic rings. The van der Waals surface area contributed by atoms with Gasteiger partial charge in [0.1, 0.15) is 18.1 Å². The maximum Gasteiger partial charge on any atom is 0.243 e. The summed E-state index contributed by atoms with van der Waals surface area (Å²) in [5.41, 5.74) is 5.48. The Balaban J connectivity index is 1.79. The first-order valence-electron chi connectivity index (χ1n) is 28.2. The van der Waals surface area contributed by atoms with Crippen molar-refractivity contribution in [3.63, 3.8) is 0 Å². The summed E-state index contributed by atoms with van der Waals surface area (Å²) in [6.45, 7) is 10.1. The van der Waals surface area contributed by atoms with E-state index in [0.717, 1.165) is 57.8 Å². The zero-order chi connectivity index (χ0) is 49.1. The number of carbonyl (C=O) groups is 5. The van der Waals surface area contributed by atoms with Crippen LogP contribution in [0.3, 0.4) is 0 Å². The van der Waals surface area contributed by atoms with E-state index < -0.39 is 18.1 Å². The third-order valence-corrected chi connectivity index (χ3v) is 13.6. The van der Waals surface area contributed by atoms with Crippen molar-refractivity contribution in [1.29, 1.82) is 0 Å². The summed E-state index contributed by atoms with van der Waals surface area (Å²) in [6.07, 6.45) is 33.7. The van der Waals surface area contributed by atoms with Crippen LogP contribution in [-0.2, 0) is 38.2 Å². The van der Waals surface area contributed by atoms with Crippen molar-refractivity contribution in [1.82, 2.24) is 25.8 Å². The van der Waals surface area contributed by atoms with Crippen molar-refractivity contribution in [3.8, 4) is 0 Å². The summed E-state index contributed by atoms with van der Waals surface area (Å²) in [6, 6.07) is -1.78. The van der Waals surface area contributed by atoms with Crippen LogP contribution in [0.5, 0.6) is 0 Å². The van der Waals surface area contributed by atoms with Gasteiger partial charge in [0, 0.05) is 52.2 Å². The molecule has 0 aromatic heterocycles. The maximum absolute atomic E-state index is 13.8. The van der Waals surface area contributed by atoms with Gasteiger partial charge >= 0.3 is 0 Å². The van der Waals surface area contributed by atoms with Gasteiger partial charge in [0.05, 0.1) is 26.4 Å². The van der Waals surface area contributed by atoms with Crippen LogP contribution in [-0.4, -0.2) is 130 Å². The van der Waals surface area contributed by atoms with Crippen LogP contribution < -0.4 is 21.7 Å². The predicted molar refractivity (Wildman–Crippen MR) is 274 cm³/mol. The molecule has 0 aromatic carbocycles. The van der Waals surface area contributed by atoms with Crippen LogP contribution in [0.15, 0.2) is 0 Å². The molecule has 3 atom stereocenters. The van der Waals surface area contributed by atoms with Gasteiger partial charge in [0.2, 0.25) is 29.5 Å². The van der Waals surface area contributed by atoms with E-state index >= 15 is 0 Å². The molecule has 0 aliphatic carbocycles. The number of nitrogens with two attached hydrogens (primary N) is 1. The van der Waals surface area contributed by atoms with E-state index in [1.54, 1.807) is 9.80 Å². The molecular weight excluding hydrogens is 861 g/mol. The number of amides is 5. The van der Waals surface area contributed by atoms with Gasteiger partial charge in [-0.2, -0.15) is 0 Å².